The molecule has 1 aromatic carbocycles. The predicted molar refractivity (Wildman–Crippen MR) is 67.1 cm³/mol. The van der Waals surface area contributed by atoms with E-state index in [1.54, 1.807) is 6.92 Å². The first-order chi connectivity index (χ1) is 9.38. The first-order valence-electron chi connectivity index (χ1n) is 5.87. The molecular weight excluding hydrogens is 273 g/mol. The van der Waals surface area contributed by atoms with E-state index in [2.05, 4.69) is 4.74 Å². The van der Waals surface area contributed by atoms with Crippen molar-refractivity contribution in [3.8, 4) is 0 Å². The van der Waals surface area contributed by atoms with Crippen molar-refractivity contribution in [2.45, 2.75) is 19.5 Å². The number of carbonyl (C=O) groups is 2. The highest BCUT2D eigenvalue weighted by molar-refractivity contribution is 5.82. The Morgan fingerprint density at radius 2 is 2.00 bits per heavy atom. The van der Waals surface area contributed by atoms with Gasteiger partial charge < -0.3 is 4.74 Å². The van der Waals surface area contributed by atoms with Crippen molar-refractivity contribution in [3.63, 3.8) is 0 Å². The second kappa shape index (κ2) is 6.88. The Balaban J connectivity index is 2.94. The summed E-state index contributed by atoms with van der Waals surface area (Å²) in [6.07, 6.45) is -1.42. The van der Waals surface area contributed by atoms with E-state index in [-0.39, 0.29) is 24.2 Å². The highest BCUT2D eigenvalue weighted by Crippen LogP contribution is 2.30. The van der Waals surface area contributed by atoms with Gasteiger partial charge in [0.15, 0.2) is 6.29 Å². The molecule has 1 aromatic rings. The summed E-state index contributed by atoms with van der Waals surface area (Å²) in [5.74, 6) is -0.483. The average Bonchev–Trinajstić information content (AvgIpc) is 2.38. The normalized spacial score (nSPS) is 11.6. The van der Waals surface area contributed by atoms with E-state index in [9.17, 15) is 22.8 Å². The minimum Gasteiger partial charge on any atom is -0.466 e. The van der Waals surface area contributed by atoms with Crippen molar-refractivity contribution in [3.05, 3.63) is 41.0 Å². The fraction of sp³-hybridized carbons (Fsp3) is 0.286. The molecule has 0 amide bonds. The van der Waals surface area contributed by atoms with E-state index >= 15 is 0 Å². The lowest BCUT2D eigenvalue weighted by molar-refractivity contribution is -0.142. The quantitative estimate of drug-likeness (QED) is 0.614. The summed E-state index contributed by atoms with van der Waals surface area (Å²) < 4.78 is 42.4. The van der Waals surface area contributed by atoms with Crippen LogP contribution >= 0.6 is 0 Å². The van der Waals surface area contributed by atoms with Gasteiger partial charge in [-0.2, -0.15) is 13.2 Å². The summed E-state index contributed by atoms with van der Waals surface area (Å²) in [5, 5.41) is 0. The molecular formula is C14H13F3O3. The molecule has 0 aliphatic carbocycles. The highest BCUT2D eigenvalue weighted by atomic mass is 19.4. The molecule has 0 N–H and O–H groups in total. The van der Waals surface area contributed by atoms with Crippen LogP contribution in [0.1, 0.15) is 34.8 Å². The number of aldehydes is 1. The van der Waals surface area contributed by atoms with Crippen LogP contribution in [0.4, 0.5) is 13.2 Å². The standard InChI is InChI=1S/C14H13F3O3/c1-2-20-13(19)5-3-4-10-8-12(14(15,16)17)7-6-11(10)9-18/h3-4,6-9H,2,5H2,1H3. The molecule has 3 nitrogen and oxygen atoms in total. The maximum Gasteiger partial charge on any atom is 0.416 e. The molecule has 0 aliphatic heterocycles. The van der Waals surface area contributed by atoms with Crippen molar-refractivity contribution in [2.24, 2.45) is 0 Å². The molecule has 0 fully saturated rings. The highest BCUT2D eigenvalue weighted by Gasteiger charge is 2.30. The molecule has 0 atom stereocenters. The number of esters is 1. The van der Waals surface area contributed by atoms with Gasteiger partial charge in [0.05, 0.1) is 18.6 Å². The summed E-state index contributed by atoms with van der Waals surface area (Å²) in [5.41, 5.74) is -0.615. The Labute approximate surface area is 114 Å². The fourth-order valence-electron chi connectivity index (χ4n) is 1.50. The van der Waals surface area contributed by atoms with E-state index in [1.165, 1.54) is 12.2 Å². The van der Waals surface area contributed by atoms with Crippen LogP contribution < -0.4 is 0 Å². The lowest BCUT2D eigenvalue weighted by Crippen LogP contribution is -2.05. The number of benzene rings is 1. The molecule has 20 heavy (non-hydrogen) atoms. The Morgan fingerprint density at radius 3 is 2.55 bits per heavy atom. The summed E-state index contributed by atoms with van der Waals surface area (Å²) in [4.78, 5) is 21.9. The zero-order chi connectivity index (χ0) is 15.2. The molecule has 0 heterocycles. The lowest BCUT2D eigenvalue weighted by atomic mass is 10.0. The molecule has 0 saturated carbocycles. The van der Waals surface area contributed by atoms with Gasteiger partial charge in [-0.25, -0.2) is 0 Å². The van der Waals surface area contributed by atoms with Crippen molar-refractivity contribution < 1.29 is 27.5 Å². The molecule has 0 saturated heterocycles. The van der Waals surface area contributed by atoms with Crippen LogP contribution in [-0.2, 0) is 15.7 Å². The molecule has 0 unspecified atom stereocenters. The second-order valence-corrected chi connectivity index (χ2v) is 3.87. The van der Waals surface area contributed by atoms with Gasteiger partial charge >= 0.3 is 12.1 Å². The zero-order valence-corrected chi connectivity index (χ0v) is 10.7. The number of ether oxygens (including phenoxy) is 1. The van der Waals surface area contributed by atoms with E-state index in [0.29, 0.717) is 6.29 Å². The molecule has 0 aliphatic rings. The van der Waals surface area contributed by atoms with Gasteiger partial charge in [-0.05, 0) is 24.6 Å². The van der Waals surface area contributed by atoms with Crippen molar-refractivity contribution >= 4 is 18.3 Å². The van der Waals surface area contributed by atoms with E-state index in [0.717, 1.165) is 18.2 Å². The van der Waals surface area contributed by atoms with Gasteiger partial charge in [-0.1, -0.05) is 18.2 Å². The lowest BCUT2D eigenvalue weighted by Gasteiger charge is -2.08. The SMILES string of the molecule is CCOC(=O)CC=Cc1cc(C(F)(F)F)ccc1C=O. The van der Waals surface area contributed by atoms with E-state index in [1.807, 2.05) is 0 Å². The Bertz CT molecular complexity index is 519. The zero-order valence-electron chi connectivity index (χ0n) is 10.7. The van der Waals surface area contributed by atoms with E-state index in [4.69, 9.17) is 0 Å². The smallest absolute Gasteiger partial charge is 0.416 e. The topological polar surface area (TPSA) is 43.4 Å². The first-order valence-corrected chi connectivity index (χ1v) is 5.87. The third-order valence-corrected chi connectivity index (χ3v) is 2.43. The number of hydrogen-bond donors (Lipinski definition) is 0. The fourth-order valence-corrected chi connectivity index (χ4v) is 1.50. The molecule has 0 radical (unpaired) electrons. The summed E-state index contributed by atoms with van der Waals surface area (Å²) >= 11 is 0. The monoisotopic (exact) mass is 286 g/mol. The number of halogens is 3. The Kier molecular flexibility index (Phi) is 5.49. The predicted octanol–water partition coefficient (Wildman–Crippen LogP) is 3.48. The maximum absolute atomic E-state index is 12.6. The van der Waals surface area contributed by atoms with Crippen LogP contribution in [0, 0.1) is 0 Å². The molecule has 0 bridgehead atoms. The largest absolute Gasteiger partial charge is 0.466 e. The molecule has 0 spiro atoms. The molecule has 1 rings (SSSR count). The molecule has 6 heteroatoms. The Morgan fingerprint density at radius 1 is 1.30 bits per heavy atom. The van der Waals surface area contributed by atoms with Gasteiger partial charge in [-0.3, -0.25) is 9.59 Å². The summed E-state index contributed by atoms with van der Waals surface area (Å²) in [6, 6.07) is 2.80. The minimum atomic E-state index is -4.48. The van der Waals surface area contributed by atoms with E-state index < -0.39 is 17.7 Å². The number of hydrogen-bond acceptors (Lipinski definition) is 3. The van der Waals surface area contributed by atoms with Crippen molar-refractivity contribution in [1.82, 2.24) is 0 Å². The van der Waals surface area contributed by atoms with Crippen LogP contribution in [0.15, 0.2) is 24.3 Å². The van der Waals surface area contributed by atoms with Gasteiger partial charge in [-0.15, -0.1) is 0 Å². The molecule has 108 valence electrons. The van der Waals surface area contributed by atoms with Gasteiger partial charge in [0, 0.05) is 5.56 Å². The average molecular weight is 286 g/mol. The first kappa shape index (κ1) is 15.9. The third kappa shape index (κ3) is 4.53. The van der Waals surface area contributed by atoms with Crippen LogP contribution in [-0.4, -0.2) is 18.9 Å². The van der Waals surface area contributed by atoms with Crippen LogP contribution in [0.5, 0.6) is 0 Å². The van der Waals surface area contributed by atoms with Crippen molar-refractivity contribution in [1.29, 1.82) is 0 Å². The summed E-state index contributed by atoms with van der Waals surface area (Å²) in [7, 11) is 0. The molecule has 0 aromatic heterocycles. The van der Waals surface area contributed by atoms with Crippen LogP contribution in [0.25, 0.3) is 6.08 Å². The van der Waals surface area contributed by atoms with Gasteiger partial charge in [0.2, 0.25) is 0 Å². The number of carbonyl (C=O) groups excluding carboxylic acids is 2. The second-order valence-electron chi connectivity index (χ2n) is 3.87. The van der Waals surface area contributed by atoms with Crippen LogP contribution in [0.3, 0.4) is 0 Å². The van der Waals surface area contributed by atoms with Crippen LogP contribution in [0.2, 0.25) is 0 Å². The Hall–Kier alpha value is -2.11. The summed E-state index contributed by atoms with van der Waals surface area (Å²) in [6.45, 7) is 1.88. The third-order valence-electron chi connectivity index (χ3n) is 2.43. The number of alkyl halides is 3. The minimum absolute atomic E-state index is 0.0671. The van der Waals surface area contributed by atoms with Gasteiger partial charge in [0.25, 0.3) is 0 Å². The number of rotatable bonds is 5. The maximum atomic E-state index is 12.6. The van der Waals surface area contributed by atoms with Gasteiger partial charge in [0.1, 0.15) is 0 Å². The van der Waals surface area contributed by atoms with Crippen molar-refractivity contribution in [2.75, 3.05) is 6.61 Å².